The van der Waals surface area contributed by atoms with E-state index in [9.17, 15) is 4.79 Å². The number of carbonyl (C=O) groups excluding carboxylic acids is 1. The van der Waals surface area contributed by atoms with E-state index in [0.29, 0.717) is 46.5 Å². The first-order valence-electron chi connectivity index (χ1n) is 10.0. The van der Waals surface area contributed by atoms with Gasteiger partial charge in [-0.15, -0.1) is 0 Å². The van der Waals surface area contributed by atoms with Crippen LogP contribution in [0.3, 0.4) is 0 Å². The summed E-state index contributed by atoms with van der Waals surface area (Å²) >= 11 is 6.03. The van der Waals surface area contributed by atoms with Gasteiger partial charge in [0.2, 0.25) is 11.9 Å². The molecule has 0 radical (unpaired) electrons. The summed E-state index contributed by atoms with van der Waals surface area (Å²) in [6, 6.07) is 12.8. The highest BCUT2D eigenvalue weighted by Gasteiger charge is 2.25. The molecule has 7 nitrogen and oxygen atoms in total. The Balaban J connectivity index is 1.62. The number of Topliss-reactive ketones (excluding diaryl/α,β-unsaturated/α-hetero) is 1. The number of anilines is 3. The molecule has 0 bridgehead atoms. The van der Waals surface area contributed by atoms with E-state index in [4.69, 9.17) is 11.6 Å². The molecule has 3 aromatic rings. The summed E-state index contributed by atoms with van der Waals surface area (Å²) < 4.78 is 0. The molecule has 4 rings (SSSR count). The summed E-state index contributed by atoms with van der Waals surface area (Å²) in [7, 11) is 0. The van der Waals surface area contributed by atoms with Gasteiger partial charge in [-0.3, -0.25) is 4.79 Å². The average molecular weight is 423 g/mol. The van der Waals surface area contributed by atoms with Crippen LogP contribution in [0, 0.1) is 5.92 Å². The second-order valence-electron chi connectivity index (χ2n) is 7.73. The van der Waals surface area contributed by atoms with E-state index in [1.165, 1.54) is 0 Å². The van der Waals surface area contributed by atoms with Gasteiger partial charge in [0.15, 0.2) is 11.6 Å². The highest BCUT2D eigenvalue weighted by Crippen LogP contribution is 2.33. The first-order chi connectivity index (χ1) is 14.5. The summed E-state index contributed by atoms with van der Waals surface area (Å²) in [4.78, 5) is 30.2. The van der Waals surface area contributed by atoms with Gasteiger partial charge < -0.3 is 10.6 Å². The smallest absolute Gasteiger partial charge is 0.232 e. The molecule has 1 aliphatic rings. The van der Waals surface area contributed by atoms with Crippen LogP contribution in [-0.2, 0) is 0 Å². The number of carbonyl (C=O) groups is 1. The molecule has 1 aromatic carbocycles. The van der Waals surface area contributed by atoms with E-state index in [2.05, 4.69) is 30.6 Å². The van der Waals surface area contributed by atoms with Gasteiger partial charge in [0, 0.05) is 23.7 Å². The largest absolute Gasteiger partial charge is 0.352 e. The van der Waals surface area contributed by atoms with Gasteiger partial charge in [-0.25, -0.2) is 4.98 Å². The lowest BCUT2D eigenvalue weighted by Gasteiger charge is -2.12. The monoisotopic (exact) mass is 422 g/mol. The fourth-order valence-electron chi connectivity index (χ4n) is 3.00. The third-order valence-corrected chi connectivity index (χ3v) is 4.82. The first kappa shape index (κ1) is 20.2. The van der Waals surface area contributed by atoms with E-state index < -0.39 is 0 Å². The Labute approximate surface area is 180 Å². The Morgan fingerprint density at radius 1 is 1.07 bits per heavy atom. The maximum atomic E-state index is 12.4. The average Bonchev–Trinajstić information content (AvgIpc) is 3.51. The molecule has 0 atom stereocenters. The lowest BCUT2D eigenvalue weighted by atomic mass is 10.1. The van der Waals surface area contributed by atoms with Crippen LogP contribution < -0.4 is 10.6 Å². The third kappa shape index (κ3) is 5.30. The molecular weight excluding hydrogens is 400 g/mol. The molecule has 2 aromatic heterocycles. The molecule has 154 valence electrons. The number of pyridine rings is 1. The predicted molar refractivity (Wildman–Crippen MR) is 118 cm³/mol. The van der Waals surface area contributed by atoms with E-state index in [-0.39, 0.29) is 11.8 Å². The molecular formula is C22H23ClN6O. The van der Waals surface area contributed by atoms with Crippen molar-refractivity contribution >= 4 is 35.0 Å². The number of benzene rings is 1. The SMILES string of the molecule is CC(C)Nc1nc(Nc2cccc(C(=O)CC3CC3)c2)nc(-c2cccc(Cl)n2)n1. The van der Waals surface area contributed by atoms with Gasteiger partial charge in [-0.1, -0.05) is 29.8 Å². The Morgan fingerprint density at radius 2 is 1.83 bits per heavy atom. The predicted octanol–water partition coefficient (Wildman–Crippen LogP) is 5.13. The molecule has 0 unspecified atom stereocenters. The van der Waals surface area contributed by atoms with Crippen molar-refractivity contribution in [2.75, 3.05) is 10.6 Å². The summed E-state index contributed by atoms with van der Waals surface area (Å²) in [6.07, 6.45) is 2.92. The van der Waals surface area contributed by atoms with Crippen LogP contribution in [0.2, 0.25) is 5.15 Å². The van der Waals surface area contributed by atoms with Crippen molar-refractivity contribution in [3.05, 3.63) is 53.2 Å². The van der Waals surface area contributed by atoms with Gasteiger partial charge in [0.25, 0.3) is 0 Å². The lowest BCUT2D eigenvalue weighted by Crippen LogP contribution is -2.14. The van der Waals surface area contributed by atoms with Crippen LogP contribution in [0.15, 0.2) is 42.5 Å². The molecule has 2 heterocycles. The number of ketones is 1. The molecule has 1 fully saturated rings. The van der Waals surface area contributed by atoms with Crippen molar-refractivity contribution in [1.29, 1.82) is 0 Å². The van der Waals surface area contributed by atoms with Gasteiger partial charge in [-0.05, 0) is 56.9 Å². The number of nitrogens with zero attached hydrogens (tertiary/aromatic N) is 4. The van der Waals surface area contributed by atoms with Gasteiger partial charge >= 0.3 is 0 Å². The molecule has 8 heteroatoms. The Bertz CT molecular complexity index is 1070. The molecule has 30 heavy (non-hydrogen) atoms. The zero-order valence-electron chi connectivity index (χ0n) is 16.9. The first-order valence-corrected chi connectivity index (χ1v) is 10.4. The van der Waals surface area contributed by atoms with Crippen LogP contribution >= 0.6 is 11.6 Å². The minimum absolute atomic E-state index is 0.142. The van der Waals surface area contributed by atoms with Crippen molar-refractivity contribution < 1.29 is 4.79 Å². The number of hydrogen-bond donors (Lipinski definition) is 2. The summed E-state index contributed by atoms with van der Waals surface area (Å²) in [5, 5.41) is 6.75. The lowest BCUT2D eigenvalue weighted by molar-refractivity contribution is 0.0976. The van der Waals surface area contributed by atoms with E-state index in [0.717, 1.165) is 18.5 Å². The maximum Gasteiger partial charge on any atom is 0.232 e. The summed E-state index contributed by atoms with van der Waals surface area (Å²) in [6.45, 7) is 4.01. The number of aromatic nitrogens is 4. The van der Waals surface area contributed by atoms with Crippen molar-refractivity contribution in [3.8, 4) is 11.5 Å². The topological polar surface area (TPSA) is 92.7 Å². The second-order valence-corrected chi connectivity index (χ2v) is 8.11. The molecule has 0 amide bonds. The van der Waals surface area contributed by atoms with Crippen LogP contribution in [0.4, 0.5) is 17.6 Å². The zero-order chi connectivity index (χ0) is 21.1. The second kappa shape index (κ2) is 8.75. The van der Waals surface area contributed by atoms with Crippen LogP contribution in [0.25, 0.3) is 11.5 Å². The van der Waals surface area contributed by atoms with Crippen LogP contribution in [0.1, 0.15) is 43.5 Å². The van der Waals surface area contributed by atoms with E-state index in [1.807, 2.05) is 38.1 Å². The summed E-state index contributed by atoms with van der Waals surface area (Å²) in [5.41, 5.74) is 1.98. The van der Waals surface area contributed by atoms with Gasteiger partial charge in [0.1, 0.15) is 10.8 Å². The standard InChI is InChI=1S/C22H23ClN6O/c1-13(2)24-21-27-20(17-7-4-8-19(23)26-17)28-22(29-21)25-16-6-3-5-15(12-16)18(30)11-14-9-10-14/h3-8,12-14H,9-11H2,1-2H3,(H2,24,25,27,28,29). The fraction of sp³-hybridized carbons (Fsp3) is 0.318. The fourth-order valence-corrected chi connectivity index (χ4v) is 3.17. The Hall–Kier alpha value is -3.06. The molecule has 2 N–H and O–H groups in total. The van der Waals surface area contributed by atoms with Crippen LogP contribution in [0.5, 0.6) is 0 Å². The molecule has 0 aliphatic heterocycles. The Morgan fingerprint density at radius 3 is 2.57 bits per heavy atom. The normalized spacial score (nSPS) is 13.3. The highest BCUT2D eigenvalue weighted by atomic mass is 35.5. The Kier molecular flexibility index (Phi) is 5.90. The van der Waals surface area contributed by atoms with Crippen molar-refractivity contribution in [2.24, 2.45) is 5.92 Å². The zero-order valence-corrected chi connectivity index (χ0v) is 17.6. The number of rotatable bonds is 8. The summed E-state index contributed by atoms with van der Waals surface area (Å²) in [5.74, 6) is 1.91. The van der Waals surface area contributed by atoms with Crippen molar-refractivity contribution in [2.45, 2.75) is 39.2 Å². The third-order valence-electron chi connectivity index (χ3n) is 4.61. The van der Waals surface area contributed by atoms with Crippen molar-refractivity contribution in [3.63, 3.8) is 0 Å². The van der Waals surface area contributed by atoms with E-state index >= 15 is 0 Å². The molecule has 0 spiro atoms. The van der Waals surface area contributed by atoms with Crippen molar-refractivity contribution in [1.82, 2.24) is 19.9 Å². The van der Waals surface area contributed by atoms with Gasteiger partial charge in [-0.2, -0.15) is 15.0 Å². The quantitative estimate of drug-likeness (QED) is 0.383. The minimum atomic E-state index is 0.142. The molecule has 1 aliphatic carbocycles. The number of nitrogens with one attached hydrogen (secondary N) is 2. The molecule has 1 saturated carbocycles. The number of halogens is 1. The van der Waals surface area contributed by atoms with Gasteiger partial charge in [0.05, 0.1) is 0 Å². The molecule has 0 saturated heterocycles. The maximum absolute atomic E-state index is 12.4. The minimum Gasteiger partial charge on any atom is -0.352 e. The number of hydrogen-bond acceptors (Lipinski definition) is 7. The highest BCUT2D eigenvalue weighted by molar-refractivity contribution is 6.29. The van der Waals surface area contributed by atoms with E-state index in [1.54, 1.807) is 18.2 Å². The van der Waals surface area contributed by atoms with Crippen LogP contribution in [-0.4, -0.2) is 31.8 Å².